The number of nitrogens with zero attached hydrogens (tertiary/aromatic N) is 1. The Hall–Kier alpha value is -2.87. The molecule has 3 atom stereocenters. The van der Waals surface area contributed by atoms with Crippen molar-refractivity contribution in [3.8, 4) is 0 Å². The fourth-order valence-electron chi connectivity index (χ4n) is 7.04. The highest BCUT2D eigenvalue weighted by atomic mass is 35.5. The van der Waals surface area contributed by atoms with Crippen molar-refractivity contribution in [2.75, 3.05) is 6.54 Å². The summed E-state index contributed by atoms with van der Waals surface area (Å²) in [5, 5.41) is 4.18. The lowest BCUT2D eigenvalue weighted by Gasteiger charge is -2.32. The summed E-state index contributed by atoms with van der Waals surface area (Å²) in [6.07, 6.45) is 7.08. The van der Waals surface area contributed by atoms with Crippen LogP contribution in [0.4, 0.5) is 0 Å². The van der Waals surface area contributed by atoms with Gasteiger partial charge in [-0.25, -0.2) is 0 Å². The van der Waals surface area contributed by atoms with E-state index in [4.69, 9.17) is 17.3 Å². The molecule has 2 heterocycles. The van der Waals surface area contributed by atoms with Crippen LogP contribution < -0.4 is 11.1 Å². The molecular formula is C29H37ClN4O4. The van der Waals surface area contributed by atoms with Crippen LogP contribution in [0.1, 0.15) is 82.1 Å². The van der Waals surface area contributed by atoms with Gasteiger partial charge in [-0.2, -0.15) is 0 Å². The van der Waals surface area contributed by atoms with Crippen LogP contribution in [-0.2, 0) is 14.4 Å². The van der Waals surface area contributed by atoms with Crippen LogP contribution in [0, 0.1) is 16.7 Å². The van der Waals surface area contributed by atoms with Crippen molar-refractivity contribution in [3.63, 3.8) is 0 Å². The maximum absolute atomic E-state index is 13.8. The predicted molar refractivity (Wildman–Crippen MR) is 146 cm³/mol. The minimum atomic E-state index is -0.961. The Kier molecular flexibility index (Phi) is 7.05. The van der Waals surface area contributed by atoms with E-state index in [1.165, 1.54) is 0 Å². The number of rotatable bonds is 6. The number of ketones is 1. The third-order valence-electron chi connectivity index (χ3n) is 8.91. The lowest BCUT2D eigenvalue weighted by atomic mass is 9.72. The summed E-state index contributed by atoms with van der Waals surface area (Å²) in [4.78, 5) is 57.3. The number of amides is 3. The van der Waals surface area contributed by atoms with E-state index >= 15 is 0 Å². The Morgan fingerprint density at radius 2 is 1.92 bits per heavy atom. The number of carbonyl (C=O) groups excluding carboxylic acids is 4. The summed E-state index contributed by atoms with van der Waals surface area (Å²) in [5.74, 6) is -1.52. The largest absolute Gasteiger partial charge is 0.368 e. The van der Waals surface area contributed by atoms with E-state index in [2.05, 4.69) is 10.3 Å². The second kappa shape index (κ2) is 10.0. The number of aromatic amines is 1. The number of para-hydroxylation sites is 1. The second-order valence-corrected chi connectivity index (χ2v) is 12.9. The molecule has 1 aromatic carbocycles. The van der Waals surface area contributed by atoms with Gasteiger partial charge in [-0.15, -0.1) is 0 Å². The van der Waals surface area contributed by atoms with E-state index in [1.807, 2.05) is 26.0 Å². The van der Waals surface area contributed by atoms with E-state index < -0.39 is 18.0 Å². The highest BCUT2D eigenvalue weighted by Gasteiger charge is 2.50. The van der Waals surface area contributed by atoms with Crippen LogP contribution in [0.5, 0.6) is 0 Å². The summed E-state index contributed by atoms with van der Waals surface area (Å²) in [6.45, 7) is 4.56. The zero-order valence-corrected chi connectivity index (χ0v) is 22.9. The number of Topliss-reactive ketones (excluding diaryl/α,β-unsaturated/α-hetero) is 1. The molecule has 2 aromatic rings. The van der Waals surface area contributed by atoms with E-state index in [-0.39, 0.29) is 40.8 Å². The molecule has 3 fully saturated rings. The Bertz CT molecular complexity index is 1280. The monoisotopic (exact) mass is 540 g/mol. The first-order valence-electron chi connectivity index (χ1n) is 13.7. The van der Waals surface area contributed by atoms with Crippen LogP contribution in [0.2, 0.25) is 5.02 Å². The van der Waals surface area contributed by atoms with Gasteiger partial charge < -0.3 is 20.9 Å². The highest BCUT2D eigenvalue weighted by Crippen LogP contribution is 2.47. The number of nitrogens with two attached hydrogens (primary N) is 1. The molecule has 1 spiro atoms. The van der Waals surface area contributed by atoms with E-state index in [9.17, 15) is 19.2 Å². The fourth-order valence-corrected chi connectivity index (χ4v) is 7.27. The van der Waals surface area contributed by atoms with Gasteiger partial charge in [0.1, 0.15) is 23.6 Å². The van der Waals surface area contributed by atoms with E-state index in [1.54, 1.807) is 17.0 Å². The molecular weight excluding hydrogens is 504 g/mol. The number of primary amides is 1. The third kappa shape index (κ3) is 5.20. The molecule has 8 nitrogen and oxygen atoms in total. The second-order valence-electron chi connectivity index (χ2n) is 12.5. The molecule has 2 aliphatic carbocycles. The van der Waals surface area contributed by atoms with Gasteiger partial charge in [0.2, 0.25) is 11.8 Å². The number of hydrogen-bond acceptors (Lipinski definition) is 4. The minimum absolute atomic E-state index is 0.104. The molecule has 1 aromatic heterocycles. The van der Waals surface area contributed by atoms with Gasteiger partial charge in [-0.05, 0) is 55.1 Å². The van der Waals surface area contributed by atoms with Crippen molar-refractivity contribution in [2.24, 2.45) is 22.5 Å². The van der Waals surface area contributed by atoms with Crippen molar-refractivity contribution in [2.45, 2.75) is 83.7 Å². The first-order valence-corrected chi connectivity index (χ1v) is 14.1. The van der Waals surface area contributed by atoms with Gasteiger partial charge in [0.15, 0.2) is 0 Å². The van der Waals surface area contributed by atoms with Gasteiger partial charge in [0, 0.05) is 24.3 Å². The lowest BCUT2D eigenvalue weighted by molar-refractivity contribution is -0.130. The minimum Gasteiger partial charge on any atom is -0.368 e. The molecule has 3 aliphatic rings. The van der Waals surface area contributed by atoms with E-state index in [0.29, 0.717) is 42.0 Å². The van der Waals surface area contributed by atoms with Gasteiger partial charge in [-0.3, -0.25) is 19.2 Å². The average molecular weight is 541 g/mol. The number of likely N-dealkylation sites (tertiary alicyclic amines) is 1. The Balaban J connectivity index is 1.38. The van der Waals surface area contributed by atoms with Crippen LogP contribution in [0.25, 0.3) is 10.9 Å². The number of aromatic nitrogens is 1. The molecule has 2 saturated carbocycles. The summed E-state index contributed by atoms with van der Waals surface area (Å²) >= 11 is 6.33. The average Bonchev–Trinajstić information content (AvgIpc) is 3.52. The summed E-state index contributed by atoms with van der Waals surface area (Å²) in [7, 11) is 0. The molecule has 0 radical (unpaired) electrons. The number of fused-ring (bicyclic) bond motifs is 1. The van der Waals surface area contributed by atoms with Gasteiger partial charge in [0.25, 0.3) is 5.91 Å². The smallest absolute Gasteiger partial charge is 0.271 e. The molecule has 5 rings (SSSR count). The zero-order valence-electron chi connectivity index (χ0n) is 22.1. The topological polar surface area (TPSA) is 125 Å². The number of halogens is 1. The third-order valence-corrected chi connectivity index (χ3v) is 9.22. The number of H-pyrrole nitrogens is 1. The predicted octanol–water partition coefficient (Wildman–Crippen LogP) is 4.35. The van der Waals surface area contributed by atoms with Gasteiger partial charge >= 0.3 is 0 Å². The lowest BCUT2D eigenvalue weighted by Crippen LogP contribution is -2.53. The van der Waals surface area contributed by atoms with Crippen molar-refractivity contribution in [1.29, 1.82) is 0 Å². The Labute approximate surface area is 228 Å². The Morgan fingerprint density at radius 3 is 2.55 bits per heavy atom. The van der Waals surface area contributed by atoms with Gasteiger partial charge in [-0.1, -0.05) is 56.8 Å². The Morgan fingerprint density at radius 1 is 1.18 bits per heavy atom. The van der Waals surface area contributed by atoms with Crippen LogP contribution >= 0.6 is 11.6 Å². The fraction of sp³-hybridized carbons (Fsp3) is 0.586. The normalized spacial score (nSPS) is 25.1. The highest BCUT2D eigenvalue weighted by molar-refractivity contribution is 6.35. The molecule has 4 N–H and O–H groups in total. The molecule has 1 saturated heterocycles. The molecule has 38 heavy (non-hydrogen) atoms. The molecule has 3 amide bonds. The maximum Gasteiger partial charge on any atom is 0.271 e. The van der Waals surface area contributed by atoms with Crippen LogP contribution in [0.3, 0.4) is 0 Å². The number of hydrogen-bond donors (Lipinski definition) is 3. The number of carbonyl (C=O) groups is 4. The number of benzene rings is 1. The summed E-state index contributed by atoms with van der Waals surface area (Å²) < 4.78 is 0. The first-order chi connectivity index (χ1) is 18.0. The standard InChI is InChI=1S/C29H37ClN4O4/c1-28(2)13-18(23(35)15-28)12-20(25(31)36)33-26(37)22-14-29(9-4-3-5-10-29)16-34(22)27(38)21-11-17-7-6-8-19(30)24(17)32-21/h6-8,11,18,20,22,32H,3-5,9-10,12-16H2,1-2H3,(H2,31,36)(H,33,37)/t18-,20+,22?/m1/s1. The van der Waals surface area contributed by atoms with E-state index in [0.717, 1.165) is 37.5 Å². The quantitative estimate of drug-likeness (QED) is 0.503. The molecule has 9 heteroatoms. The van der Waals surface area contributed by atoms with Gasteiger partial charge in [0.05, 0.1) is 10.5 Å². The van der Waals surface area contributed by atoms with Crippen molar-refractivity contribution in [1.82, 2.24) is 15.2 Å². The van der Waals surface area contributed by atoms with Crippen LogP contribution in [-0.4, -0.2) is 52.0 Å². The van der Waals surface area contributed by atoms with Crippen molar-refractivity contribution >= 4 is 46.0 Å². The molecule has 0 bridgehead atoms. The number of nitrogens with one attached hydrogen (secondary N) is 2. The summed E-state index contributed by atoms with van der Waals surface area (Å²) in [5.41, 5.74) is 6.51. The molecule has 1 unspecified atom stereocenters. The molecule has 204 valence electrons. The molecule has 1 aliphatic heterocycles. The maximum atomic E-state index is 13.8. The van der Waals surface area contributed by atoms with Crippen molar-refractivity contribution < 1.29 is 19.2 Å². The SMILES string of the molecule is CC1(C)CC(=O)[C@H](C[C@H](NC(=O)C2CC3(CCCCC3)CN2C(=O)c2cc3cccc(Cl)c3[nH]2)C(N)=O)C1. The first kappa shape index (κ1) is 26.7. The zero-order chi connectivity index (χ0) is 27.2. The van der Waals surface area contributed by atoms with Crippen molar-refractivity contribution in [3.05, 3.63) is 35.0 Å². The van der Waals surface area contributed by atoms with Crippen LogP contribution in [0.15, 0.2) is 24.3 Å². The summed E-state index contributed by atoms with van der Waals surface area (Å²) in [6, 6.07) is 5.56.